The number of anilines is 1. The lowest BCUT2D eigenvalue weighted by atomic mass is 10.1. The van der Waals surface area contributed by atoms with E-state index in [4.69, 9.17) is 5.73 Å². The second-order valence-electron chi connectivity index (χ2n) is 5.11. The largest absolute Gasteiger partial charge is 0.417 e. The van der Waals surface area contributed by atoms with Crippen molar-refractivity contribution in [3.05, 3.63) is 29.3 Å². The van der Waals surface area contributed by atoms with Crippen LogP contribution in [-0.2, 0) is 6.18 Å². The molecule has 1 fully saturated rings. The number of rotatable bonds is 4. The Morgan fingerprint density at radius 1 is 1.29 bits per heavy atom. The zero-order valence-corrected chi connectivity index (χ0v) is 11.5. The Bertz CT molecular complexity index is 511. The number of nitrogen functional groups attached to an aromatic ring is 1. The molecular formula is C14H18F3N3O. The highest BCUT2D eigenvalue weighted by molar-refractivity contribution is 5.96. The van der Waals surface area contributed by atoms with E-state index in [1.54, 1.807) is 0 Å². The van der Waals surface area contributed by atoms with Gasteiger partial charge < -0.3 is 16.0 Å². The van der Waals surface area contributed by atoms with Gasteiger partial charge in [0.25, 0.3) is 5.91 Å². The van der Waals surface area contributed by atoms with Crippen LogP contribution in [0.15, 0.2) is 18.2 Å². The van der Waals surface area contributed by atoms with E-state index >= 15 is 0 Å². The Hall–Kier alpha value is -1.76. The molecule has 0 saturated carbocycles. The van der Waals surface area contributed by atoms with Crippen molar-refractivity contribution >= 4 is 11.6 Å². The molecule has 1 aromatic carbocycles. The molecule has 2 rings (SSSR count). The quantitative estimate of drug-likeness (QED) is 0.838. The average molecular weight is 301 g/mol. The molecule has 0 atom stereocenters. The SMILES string of the molecule is Nc1ccc(C(=O)NCCN2CCCC2)c(C(F)(F)F)c1. The lowest BCUT2D eigenvalue weighted by Gasteiger charge is -2.16. The summed E-state index contributed by atoms with van der Waals surface area (Å²) in [5.41, 5.74) is 3.96. The number of amides is 1. The highest BCUT2D eigenvalue weighted by Crippen LogP contribution is 2.33. The summed E-state index contributed by atoms with van der Waals surface area (Å²) in [6.07, 6.45) is -2.34. The minimum Gasteiger partial charge on any atom is -0.399 e. The summed E-state index contributed by atoms with van der Waals surface area (Å²) in [4.78, 5) is 14.1. The highest BCUT2D eigenvalue weighted by Gasteiger charge is 2.35. The number of nitrogens with zero attached hydrogens (tertiary/aromatic N) is 1. The number of alkyl halides is 3. The molecule has 1 aliphatic rings. The summed E-state index contributed by atoms with van der Waals surface area (Å²) >= 11 is 0. The van der Waals surface area contributed by atoms with Gasteiger partial charge in [-0.25, -0.2) is 0 Å². The molecule has 7 heteroatoms. The van der Waals surface area contributed by atoms with E-state index in [1.165, 1.54) is 6.07 Å². The molecule has 0 aliphatic carbocycles. The molecule has 4 nitrogen and oxygen atoms in total. The maximum Gasteiger partial charge on any atom is 0.417 e. The number of nitrogens with two attached hydrogens (primary N) is 1. The summed E-state index contributed by atoms with van der Waals surface area (Å²) in [7, 11) is 0. The molecule has 3 N–H and O–H groups in total. The van der Waals surface area contributed by atoms with Gasteiger partial charge in [0.15, 0.2) is 0 Å². The topological polar surface area (TPSA) is 58.4 Å². The third-order valence-corrected chi connectivity index (χ3v) is 3.51. The van der Waals surface area contributed by atoms with E-state index in [0.29, 0.717) is 13.1 Å². The Morgan fingerprint density at radius 2 is 1.95 bits per heavy atom. The maximum absolute atomic E-state index is 12.9. The van der Waals surface area contributed by atoms with Gasteiger partial charge >= 0.3 is 6.18 Å². The fourth-order valence-corrected chi connectivity index (χ4v) is 2.42. The van der Waals surface area contributed by atoms with E-state index in [1.807, 2.05) is 0 Å². The van der Waals surface area contributed by atoms with Crippen molar-refractivity contribution in [2.75, 3.05) is 31.9 Å². The predicted molar refractivity (Wildman–Crippen MR) is 73.9 cm³/mol. The molecule has 0 spiro atoms. The van der Waals surface area contributed by atoms with Gasteiger partial charge in [0.05, 0.1) is 11.1 Å². The molecule has 0 aromatic heterocycles. The van der Waals surface area contributed by atoms with Crippen LogP contribution in [0.4, 0.5) is 18.9 Å². The van der Waals surface area contributed by atoms with Gasteiger partial charge in [-0.3, -0.25) is 4.79 Å². The third-order valence-electron chi connectivity index (χ3n) is 3.51. The molecule has 21 heavy (non-hydrogen) atoms. The summed E-state index contributed by atoms with van der Waals surface area (Å²) in [5, 5.41) is 2.54. The Kier molecular flexibility index (Phi) is 4.72. The number of nitrogens with one attached hydrogen (secondary N) is 1. The standard InChI is InChI=1S/C14H18F3N3O/c15-14(16,17)12-9-10(18)3-4-11(12)13(21)19-5-8-20-6-1-2-7-20/h3-4,9H,1-2,5-8,18H2,(H,19,21). The van der Waals surface area contributed by atoms with Crippen molar-refractivity contribution in [3.8, 4) is 0 Å². The highest BCUT2D eigenvalue weighted by atomic mass is 19.4. The monoisotopic (exact) mass is 301 g/mol. The summed E-state index contributed by atoms with van der Waals surface area (Å²) in [6, 6.07) is 3.20. The minimum atomic E-state index is -4.60. The first-order chi connectivity index (χ1) is 9.88. The van der Waals surface area contributed by atoms with Gasteiger partial charge in [0.2, 0.25) is 0 Å². The number of benzene rings is 1. The van der Waals surface area contributed by atoms with Crippen molar-refractivity contribution < 1.29 is 18.0 Å². The van der Waals surface area contributed by atoms with E-state index < -0.39 is 23.2 Å². The Labute approximate surface area is 121 Å². The molecule has 116 valence electrons. The zero-order chi connectivity index (χ0) is 15.5. The zero-order valence-electron chi connectivity index (χ0n) is 11.5. The molecule has 1 heterocycles. The number of carbonyl (C=O) groups is 1. The van der Waals surface area contributed by atoms with Crippen LogP contribution in [-0.4, -0.2) is 37.0 Å². The van der Waals surface area contributed by atoms with Crippen LogP contribution < -0.4 is 11.1 Å². The van der Waals surface area contributed by atoms with E-state index in [9.17, 15) is 18.0 Å². The number of hydrogen-bond donors (Lipinski definition) is 2. The van der Waals surface area contributed by atoms with Crippen LogP contribution in [0.5, 0.6) is 0 Å². The maximum atomic E-state index is 12.9. The second-order valence-corrected chi connectivity index (χ2v) is 5.11. The number of carbonyl (C=O) groups excluding carboxylic acids is 1. The second kappa shape index (κ2) is 6.34. The first-order valence-electron chi connectivity index (χ1n) is 6.85. The smallest absolute Gasteiger partial charge is 0.399 e. The van der Waals surface area contributed by atoms with Crippen molar-refractivity contribution in [2.24, 2.45) is 0 Å². The fraction of sp³-hybridized carbons (Fsp3) is 0.500. The van der Waals surface area contributed by atoms with Crippen molar-refractivity contribution in [3.63, 3.8) is 0 Å². The average Bonchev–Trinajstić information content (AvgIpc) is 2.90. The van der Waals surface area contributed by atoms with Crippen LogP contribution in [0.3, 0.4) is 0 Å². The minimum absolute atomic E-state index is 0.0176. The van der Waals surface area contributed by atoms with Gasteiger partial charge in [0, 0.05) is 18.8 Å². The van der Waals surface area contributed by atoms with E-state index in [-0.39, 0.29) is 5.69 Å². The van der Waals surface area contributed by atoms with E-state index in [0.717, 1.165) is 38.1 Å². The molecule has 1 aromatic rings. The molecule has 0 radical (unpaired) electrons. The molecule has 1 amide bonds. The molecule has 0 bridgehead atoms. The van der Waals surface area contributed by atoms with Crippen molar-refractivity contribution in [2.45, 2.75) is 19.0 Å². The number of likely N-dealkylation sites (tertiary alicyclic amines) is 1. The summed E-state index contributed by atoms with van der Waals surface area (Å²) < 4.78 is 38.7. The third kappa shape index (κ3) is 4.10. The predicted octanol–water partition coefficient (Wildman–Crippen LogP) is 2.11. The summed E-state index contributed by atoms with van der Waals surface area (Å²) in [6.45, 7) is 2.94. The van der Waals surface area contributed by atoms with Crippen LogP contribution >= 0.6 is 0 Å². The number of halogens is 3. The summed E-state index contributed by atoms with van der Waals surface area (Å²) in [5.74, 6) is -0.721. The normalized spacial score (nSPS) is 16.1. The Morgan fingerprint density at radius 3 is 2.57 bits per heavy atom. The lowest BCUT2D eigenvalue weighted by molar-refractivity contribution is -0.137. The van der Waals surface area contributed by atoms with Crippen molar-refractivity contribution in [1.29, 1.82) is 0 Å². The molecule has 1 aliphatic heterocycles. The van der Waals surface area contributed by atoms with Gasteiger partial charge in [-0.15, -0.1) is 0 Å². The van der Waals surface area contributed by atoms with E-state index in [2.05, 4.69) is 10.2 Å². The molecule has 1 saturated heterocycles. The molecular weight excluding hydrogens is 283 g/mol. The van der Waals surface area contributed by atoms with Crippen LogP contribution in [0.1, 0.15) is 28.8 Å². The first-order valence-corrected chi connectivity index (χ1v) is 6.85. The van der Waals surface area contributed by atoms with Gasteiger partial charge in [0.1, 0.15) is 0 Å². The number of hydrogen-bond acceptors (Lipinski definition) is 3. The molecule has 0 unspecified atom stereocenters. The fourth-order valence-electron chi connectivity index (χ4n) is 2.42. The van der Waals surface area contributed by atoms with Gasteiger partial charge in [-0.05, 0) is 44.1 Å². The van der Waals surface area contributed by atoms with Crippen LogP contribution in [0.25, 0.3) is 0 Å². The van der Waals surface area contributed by atoms with Gasteiger partial charge in [-0.2, -0.15) is 13.2 Å². The van der Waals surface area contributed by atoms with Crippen LogP contribution in [0.2, 0.25) is 0 Å². The van der Waals surface area contributed by atoms with Crippen LogP contribution in [0, 0.1) is 0 Å². The van der Waals surface area contributed by atoms with Gasteiger partial charge in [-0.1, -0.05) is 0 Å². The lowest BCUT2D eigenvalue weighted by Crippen LogP contribution is -2.34. The first kappa shape index (κ1) is 15.6. The van der Waals surface area contributed by atoms with Crippen molar-refractivity contribution in [1.82, 2.24) is 10.2 Å². The Balaban J connectivity index is 2.01.